The van der Waals surface area contributed by atoms with Crippen LogP contribution in [0, 0.1) is 0 Å². The Morgan fingerprint density at radius 2 is 2.15 bits per heavy atom. The smallest absolute Gasteiger partial charge is 0.191 e. The van der Waals surface area contributed by atoms with Crippen LogP contribution in [-0.2, 0) is 0 Å². The number of aliphatic imine (C=N–C) groups is 1. The Balaban J connectivity index is 1.85. The monoisotopic (exact) mass is 277 g/mol. The number of nitrogens with two attached hydrogens (primary N) is 1. The van der Waals surface area contributed by atoms with Gasteiger partial charge in [0.1, 0.15) is 17.6 Å². The maximum absolute atomic E-state index is 5.95. The van der Waals surface area contributed by atoms with Crippen molar-refractivity contribution in [2.24, 2.45) is 10.7 Å². The highest BCUT2D eigenvalue weighted by molar-refractivity contribution is 5.78. The molecule has 0 aliphatic heterocycles. The number of guanidine groups is 1. The Morgan fingerprint density at radius 1 is 1.45 bits per heavy atom. The molecule has 0 amide bonds. The maximum Gasteiger partial charge on any atom is 0.191 e. The topological polar surface area (TPSA) is 60.1 Å². The van der Waals surface area contributed by atoms with Crippen molar-refractivity contribution in [1.29, 1.82) is 0 Å². The molecule has 1 atom stereocenters. The molecule has 110 valence electrons. The van der Waals surface area contributed by atoms with Crippen molar-refractivity contribution in [2.45, 2.75) is 31.9 Å². The van der Waals surface area contributed by atoms with Gasteiger partial charge >= 0.3 is 0 Å². The van der Waals surface area contributed by atoms with Crippen LogP contribution in [0.3, 0.4) is 0 Å². The lowest BCUT2D eigenvalue weighted by molar-refractivity contribution is 0.229. The molecule has 2 N–H and O–H groups in total. The molecule has 5 nitrogen and oxygen atoms in total. The van der Waals surface area contributed by atoms with Crippen molar-refractivity contribution < 1.29 is 9.47 Å². The minimum Gasteiger partial charge on any atom is -0.497 e. The summed E-state index contributed by atoms with van der Waals surface area (Å²) in [6.45, 7) is 2.52. The Kier molecular flexibility index (Phi) is 4.71. The van der Waals surface area contributed by atoms with Crippen LogP contribution in [0.25, 0.3) is 0 Å². The third-order valence-corrected chi connectivity index (χ3v) is 3.34. The first kappa shape index (κ1) is 14.5. The average molecular weight is 277 g/mol. The van der Waals surface area contributed by atoms with Gasteiger partial charge in [0.15, 0.2) is 5.96 Å². The van der Waals surface area contributed by atoms with Gasteiger partial charge < -0.3 is 20.1 Å². The molecule has 2 rings (SSSR count). The molecule has 1 aromatic carbocycles. The Hall–Kier alpha value is -1.91. The summed E-state index contributed by atoms with van der Waals surface area (Å²) >= 11 is 0. The van der Waals surface area contributed by atoms with Gasteiger partial charge in [0.2, 0.25) is 0 Å². The molecule has 5 heteroatoms. The van der Waals surface area contributed by atoms with Crippen LogP contribution in [0.1, 0.15) is 19.8 Å². The van der Waals surface area contributed by atoms with Gasteiger partial charge in [-0.2, -0.15) is 0 Å². The summed E-state index contributed by atoms with van der Waals surface area (Å²) in [6, 6.07) is 8.13. The first-order valence-corrected chi connectivity index (χ1v) is 6.93. The lowest BCUT2D eigenvalue weighted by atomic mass is 10.3. The third-order valence-electron chi connectivity index (χ3n) is 3.34. The number of hydrogen-bond donors (Lipinski definition) is 1. The minimum absolute atomic E-state index is 0.0340. The van der Waals surface area contributed by atoms with Crippen molar-refractivity contribution in [1.82, 2.24) is 4.90 Å². The molecule has 20 heavy (non-hydrogen) atoms. The molecule has 1 aliphatic carbocycles. The number of benzene rings is 1. The van der Waals surface area contributed by atoms with E-state index in [1.54, 1.807) is 7.11 Å². The van der Waals surface area contributed by atoms with Crippen LogP contribution in [0.2, 0.25) is 0 Å². The van der Waals surface area contributed by atoms with E-state index in [4.69, 9.17) is 15.2 Å². The largest absolute Gasteiger partial charge is 0.497 e. The van der Waals surface area contributed by atoms with E-state index in [1.165, 1.54) is 12.8 Å². The third kappa shape index (κ3) is 4.05. The second-order valence-corrected chi connectivity index (χ2v) is 5.15. The lowest BCUT2D eigenvalue weighted by Crippen LogP contribution is -2.36. The van der Waals surface area contributed by atoms with Crippen LogP contribution < -0.4 is 15.2 Å². The van der Waals surface area contributed by atoms with Gasteiger partial charge in [-0.3, -0.25) is 0 Å². The summed E-state index contributed by atoms with van der Waals surface area (Å²) < 4.78 is 11.0. The zero-order valence-electron chi connectivity index (χ0n) is 12.4. The van der Waals surface area contributed by atoms with Crippen molar-refractivity contribution in [3.8, 4) is 11.5 Å². The maximum atomic E-state index is 5.95. The molecule has 1 aromatic rings. The molecule has 0 radical (unpaired) electrons. The summed E-state index contributed by atoms with van der Waals surface area (Å²) in [6.07, 6.45) is 2.39. The molecule has 0 bridgehead atoms. The van der Waals surface area contributed by atoms with E-state index in [9.17, 15) is 0 Å². The second-order valence-electron chi connectivity index (χ2n) is 5.15. The van der Waals surface area contributed by atoms with Gasteiger partial charge in [-0.05, 0) is 31.9 Å². The molecule has 1 fully saturated rings. The molecule has 1 aliphatic rings. The van der Waals surface area contributed by atoms with Gasteiger partial charge in [-0.15, -0.1) is 0 Å². The molecule has 1 unspecified atom stereocenters. The lowest BCUT2D eigenvalue weighted by Gasteiger charge is -2.18. The van der Waals surface area contributed by atoms with Gasteiger partial charge in [0, 0.05) is 19.2 Å². The number of nitrogens with zero attached hydrogens (tertiary/aromatic N) is 2. The summed E-state index contributed by atoms with van der Waals surface area (Å²) in [4.78, 5) is 6.43. The second kappa shape index (κ2) is 6.50. The Labute approximate surface area is 120 Å². The molecular formula is C15H23N3O2. The van der Waals surface area contributed by atoms with E-state index in [0.717, 1.165) is 11.5 Å². The van der Waals surface area contributed by atoms with Gasteiger partial charge in [0.05, 0.1) is 13.7 Å². The van der Waals surface area contributed by atoms with E-state index in [-0.39, 0.29) is 6.10 Å². The van der Waals surface area contributed by atoms with E-state index in [2.05, 4.69) is 4.99 Å². The van der Waals surface area contributed by atoms with Gasteiger partial charge in [0.25, 0.3) is 0 Å². The molecule has 1 saturated carbocycles. The first-order chi connectivity index (χ1) is 9.60. The number of hydrogen-bond acceptors (Lipinski definition) is 3. The standard InChI is InChI=1S/C15H23N3O2/c1-11(10-17-15(16)18(2)12-7-8-12)20-14-6-4-5-13(9-14)19-3/h4-6,9,11-12H,7-8,10H2,1-3H3,(H2,16,17). The fourth-order valence-corrected chi connectivity index (χ4v) is 1.93. The number of rotatable bonds is 6. The van der Waals surface area contributed by atoms with Crippen LogP contribution in [-0.4, -0.2) is 43.7 Å². The zero-order valence-corrected chi connectivity index (χ0v) is 12.4. The number of methoxy groups -OCH3 is 1. The van der Waals surface area contributed by atoms with E-state index in [1.807, 2.05) is 43.1 Å². The molecule has 0 spiro atoms. The van der Waals surface area contributed by atoms with Gasteiger partial charge in [-0.25, -0.2) is 4.99 Å². The predicted molar refractivity (Wildman–Crippen MR) is 80.4 cm³/mol. The molecule has 0 aromatic heterocycles. The first-order valence-electron chi connectivity index (χ1n) is 6.93. The summed E-state index contributed by atoms with van der Waals surface area (Å²) in [5, 5.41) is 0. The predicted octanol–water partition coefficient (Wildman–Crippen LogP) is 1.87. The summed E-state index contributed by atoms with van der Waals surface area (Å²) in [5.74, 6) is 2.15. The van der Waals surface area contributed by atoms with Crippen molar-refractivity contribution in [2.75, 3.05) is 20.7 Å². The van der Waals surface area contributed by atoms with E-state index < -0.39 is 0 Å². The summed E-state index contributed by atoms with van der Waals surface area (Å²) in [7, 11) is 3.63. The fourth-order valence-electron chi connectivity index (χ4n) is 1.93. The highest BCUT2D eigenvalue weighted by Crippen LogP contribution is 2.25. The quantitative estimate of drug-likeness (QED) is 0.637. The minimum atomic E-state index is -0.0340. The van der Waals surface area contributed by atoms with Crippen LogP contribution in [0.5, 0.6) is 11.5 Å². The van der Waals surface area contributed by atoms with Crippen molar-refractivity contribution >= 4 is 5.96 Å². The van der Waals surface area contributed by atoms with Crippen molar-refractivity contribution in [3.63, 3.8) is 0 Å². The van der Waals surface area contributed by atoms with Crippen molar-refractivity contribution in [3.05, 3.63) is 24.3 Å². The highest BCUT2D eigenvalue weighted by Gasteiger charge is 2.27. The number of ether oxygens (including phenoxy) is 2. The molecular weight excluding hydrogens is 254 g/mol. The SMILES string of the molecule is COc1cccc(OC(C)CN=C(N)N(C)C2CC2)c1. The Morgan fingerprint density at radius 3 is 2.80 bits per heavy atom. The molecule has 0 saturated heterocycles. The average Bonchev–Trinajstić information content (AvgIpc) is 3.28. The van der Waals surface area contributed by atoms with E-state index >= 15 is 0 Å². The normalized spacial score (nSPS) is 16.6. The van der Waals surface area contributed by atoms with Crippen LogP contribution in [0.4, 0.5) is 0 Å². The summed E-state index contributed by atoms with van der Waals surface area (Å²) in [5.41, 5.74) is 5.95. The highest BCUT2D eigenvalue weighted by atomic mass is 16.5. The zero-order chi connectivity index (χ0) is 14.5. The fraction of sp³-hybridized carbons (Fsp3) is 0.533. The van der Waals surface area contributed by atoms with Crippen LogP contribution >= 0.6 is 0 Å². The van der Waals surface area contributed by atoms with Crippen LogP contribution in [0.15, 0.2) is 29.3 Å². The van der Waals surface area contributed by atoms with Gasteiger partial charge in [-0.1, -0.05) is 6.07 Å². The Bertz CT molecular complexity index is 472. The molecule has 0 heterocycles. The van der Waals surface area contributed by atoms with E-state index in [0.29, 0.717) is 18.5 Å².